The lowest BCUT2D eigenvalue weighted by atomic mass is 10.4. The minimum Gasteiger partial charge on any atom is -0.364 e. The SMILES string of the molecule is NCc1c(-n2ccc(C(N)=O)n2)nc2sccn12. The van der Waals surface area contributed by atoms with Gasteiger partial charge >= 0.3 is 0 Å². The van der Waals surface area contributed by atoms with Crippen molar-refractivity contribution in [3.8, 4) is 5.82 Å². The van der Waals surface area contributed by atoms with Crippen molar-refractivity contribution in [3.63, 3.8) is 0 Å². The molecular weight excluding hydrogens is 252 g/mol. The van der Waals surface area contributed by atoms with E-state index in [0.29, 0.717) is 12.4 Å². The molecule has 3 rings (SSSR count). The summed E-state index contributed by atoms with van der Waals surface area (Å²) in [6.45, 7) is 0.332. The summed E-state index contributed by atoms with van der Waals surface area (Å²) in [4.78, 5) is 16.3. The van der Waals surface area contributed by atoms with E-state index in [-0.39, 0.29) is 5.69 Å². The number of primary amides is 1. The molecule has 0 saturated carbocycles. The van der Waals surface area contributed by atoms with Crippen molar-refractivity contribution in [2.24, 2.45) is 11.5 Å². The number of fused-ring (bicyclic) bond motifs is 1. The Bertz CT molecular complexity index is 724. The highest BCUT2D eigenvalue weighted by Gasteiger charge is 2.15. The number of nitrogens with zero attached hydrogens (tertiary/aromatic N) is 4. The van der Waals surface area contributed by atoms with Crippen molar-refractivity contribution in [1.29, 1.82) is 0 Å². The van der Waals surface area contributed by atoms with Crippen molar-refractivity contribution >= 4 is 22.2 Å². The summed E-state index contributed by atoms with van der Waals surface area (Å²) in [5.41, 5.74) is 11.9. The molecule has 7 nitrogen and oxygen atoms in total. The molecule has 0 saturated heterocycles. The second kappa shape index (κ2) is 3.93. The van der Waals surface area contributed by atoms with Gasteiger partial charge in [-0.2, -0.15) is 10.1 Å². The summed E-state index contributed by atoms with van der Waals surface area (Å²) >= 11 is 1.51. The highest BCUT2D eigenvalue weighted by molar-refractivity contribution is 7.15. The van der Waals surface area contributed by atoms with Gasteiger partial charge in [0.2, 0.25) is 0 Å². The highest BCUT2D eigenvalue weighted by atomic mass is 32.1. The molecule has 0 atom stereocenters. The zero-order valence-corrected chi connectivity index (χ0v) is 10.1. The van der Waals surface area contributed by atoms with Crippen LogP contribution in [-0.4, -0.2) is 25.1 Å². The number of hydrogen-bond donors (Lipinski definition) is 2. The Kier molecular flexibility index (Phi) is 2.39. The second-order valence-corrected chi connectivity index (χ2v) is 4.52. The van der Waals surface area contributed by atoms with Gasteiger partial charge in [-0.3, -0.25) is 9.20 Å². The average molecular weight is 262 g/mol. The van der Waals surface area contributed by atoms with E-state index in [9.17, 15) is 4.79 Å². The van der Waals surface area contributed by atoms with Gasteiger partial charge in [0.1, 0.15) is 5.69 Å². The fourth-order valence-electron chi connectivity index (χ4n) is 1.77. The molecular formula is C10H10N6OS. The molecule has 0 bridgehead atoms. The molecule has 3 aromatic heterocycles. The van der Waals surface area contributed by atoms with Crippen LogP contribution >= 0.6 is 11.3 Å². The quantitative estimate of drug-likeness (QED) is 0.700. The third-order valence-electron chi connectivity index (χ3n) is 2.59. The summed E-state index contributed by atoms with van der Waals surface area (Å²) in [6, 6.07) is 1.55. The molecule has 0 aliphatic rings. The standard InChI is InChI=1S/C10H10N6OS/c11-5-7-9(13-10-15(7)3-4-18-10)16-2-1-6(14-16)8(12)17/h1-4H,5,11H2,(H2,12,17). The third-order valence-corrected chi connectivity index (χ3v) is 3.35. The average Bonchev–Trinajstić information content (AvgIpc) is 3.02. The van der Waals surface area contributed by atoms with Crippen LogP contribution in [0.25, 0.3) is 10.8 Å². The number of nitrogens with two attached hydrogens (primary N) is 2. The van der Waals surface area contributed by atoms with E-state index >= 15 is 0 Å². The third kappa shape index (κ3) is 1.50. The van der Waals surface area contributed by atoms with Gasteiger partial charge < -0.3 is 11.5 Å². The lowest BCUT2D eigenvalue weighted by Gasteiger charge is -2.00. The van der Waals surface area contributed by atoms with Gasteiger partial charge in [-0.05, 0) is 6.07 Å². The first-order chi connectivity index (χ1) is 8.70. The largest absolute Gasteiger partial charge is 0.364 e. The second-order valence-electron chi connectivity index (χ2n) is 3.65. The number of rotatable bonds is 3. The lowest BCUT2D eigenvalue weighted by Crippen LogP contribution is -2.13. The van der Waals surface area contributed by atoms with Crippen LogP contribution in [0.1, 0.15) is 16.2 Å². The van der Waals surface area contributed by atoms with Crippen LogP contribution in [0, 0.1) is 0 Å². The van der Waals surface area contributed by atoms with E-state index in [1.807, 2.05) is 16.0 Å². The van der Waals surface area contributed by atoms with Crippen molar-refractivity contribution in [2.45, 2.75) is 6.54 Å². The summed E-state index contributed by atoms with van der Waals surface area (Å²) in [5, 5.41) is 6.01. The van der Waals surface area contributed by atoms with Crippen molar-refractivity contribution in [3.05, 3.63) is 35.2 Å². The molecule has 0 spiro atoms. The Balaban J connectivity index is 2.17. The van der Waals surface area contributed by atoms with E-state index < -0.39 is 5.91 Å². The molecule has 0 unspecified atom stereocenters. The number of imidazole rings is 1. The van der Waals surface area contributed by atoms with Crippen LogP contribution in [0.2, 0.25) is 0 Å². The van der Waals surface area contributed by atoms with Crippen LogP contribution in [0.3, 0.4) is 0 Å². The minimum atomic E-state index is -0.566. The number of amides is 1. The van der Waals surface area contributed by atoms with Crippen molar-refractivity contribution in [1.82, 2.24) is 19.2 Å². The molecule has 3 aromatic rings. The van der Waals surface area contributed by atoms with Crippen LogP contribution < -0.4 is 11.5 Å². The zero-order valence-electron chi connectivity index (χ0n) is 9.28. The van der Waals surface area contributed by atoms with Gasteiger partial charge in [0.15, 0.2) is 10.8 Å². The van der Waals surface area contributed by atoms with Crippen molar-refractivity contribution in [2.75, 3.05) is 0 Å². The smallest absolute Gasteiger partial charge is 0.269 e. The minimum absolute atomic E-state index is 0.203. The summed E-state index contributed by atoms with van der Waals surface area (Å²) in [7, 11) is 0. The predicted octanol–water partition coefficient (Wildman–Crippen LogP) is 0.139. The Hall–Kier alpha value is -2.19. The molecule has 92 valence electrons. The van der Waals surface area contributed by atoms with Gasteiger partial charge in [-0.25, -0.2) is 4.68 Å². The summed E-state index contributed by atoms with van der Waals surface area (Å²) < 4.78 is 3.42. The van der Waals surface area contributed by atoms with Crippen LogP contribution in [0.5, 0.6) is 0 Å². The summed E-state index contributed by atoms with van der Waals surface area (Å²) in [5.74, 6) is 0.0564. The van der Waals surface area contributed by atoms with Crippen LogP contribution in [0.4, 0.5) is 0 Å². The first kappa shape index (κ1) is 10.9. The fourth-order valence-corrected chi connectivity index (χ4v) is 2.50. The van der Waals surface area contributed by atoms with Crippen LogP contribution in [-0.2, 0) is 6.54 Å². The molecule has 0 fully saturated rings. The maximum absolute atomic E-state index is 11.0. The predicted molar refractivity (Wildman–Crippen MR) is 66.6 cm³/mol. The number of thiazole rings is 1. The Morgan fingerprint density at radius 3 is 2.94 bits per heavy atom. The molecule has 3 heterocycles. The molecule has 0 aromatic carbocycles. The lowest BCUT2D eigenvalue weighted by molar-refractivity contribution is 0.0995. The van der Waals surface area contributed by atoms with Gasteiger partial charge in [-0.15, -0.1) is 11.3 Å². The fraction of sp³-hybridized carbons (Fsp3) is 0.100. The molecule has 0 aliphatic heterocycles. The van der Waals surface area contributed by atoms with Gasteiger partial charge in [0, 0.05) is 24.3 Å². The molecule has 0 radical (unpaired) electrons. The van der Waals surface area contributed by atoms with E-state index in [4.69, 9.17) is 11.5 Å². The molecule has 8 heteroatoms. The van der Waals surface area contributed by atoms with Gasteiger partial charge in [0.25, 0.3) is 5.91 Å². The van der Waals surface area contributed by atoms with Crippen molar-refractivity contribution < 1.29 is 4.79 Å². The van der Waals surface area contributed by atoms with Crippen LogP contribution in [0.15, 0.2) is 23.8 Å². The topological polar surface area (TPSA) is 104 Å². The maximum atomic E-state index is 11.0. The van der Waals surface area contributed by atoms with Gasteiger partial charge in [-0.1, -0.05) is 0 Å². The number of carbonyl (C=O) groups excluding carboxylic acids is 1. The normalized spacial score (nSPS) is 11.2. The number of hydrogen-bond acceptors (Lipinski definition) is 5. The first-order valence-corrected chi connectivity index (χ1v) is 6.09. The Morgan fingerprint density at radius 2 is 2.28 bits per heavy atom. The molecule has 4 N–H and O–H groups in total. The Labute approximate surface area is 106 Å². The monoisotopic (exact) mass is 262 g/mol. The van der Waals surface area contributed by atoms with E-state index in [2.05, 4.69) is 10.1 Å². The maximum Gasteiger partial charge on any atom is 0.269 e. The molecule has 18 heavy (non-hydrogen) atoms. The van der Waals surface area contributed by atoms with E-state index in [1.165, 1.54) is 16.0 Å². The van der Waals surface area contributed by atoms with E-state index in [0.717, 1.165) is 10.7 Å². The number of carbonyl (C=O) groups is 1. The Morgan fingerprint density at radius 1 is 1.44 bits per heavy atom. The molecule has 0 aliphatic carbocycles. The van der Waals surface area contributed by atoms with E-state index in [1.54, 1.807) is 12.3 Å². The molecule has 1 amide bonds. The summed E-state index contributed by atoms with van der Waals surface area (Å²) in [6.07, 6.45) is 3.54. The highest BCUT2D eigenvalue weighted by Crippen LogP contribution is 2.19. The number of aromatic nitrogens is 4. The zero-order chi connectivity index (χ0) is 12.7. The van der Waals surface area contributed by atoms with Gasteiger partial charge in [0.05, 0.1) is 5.69 Å². The first-order valence-electron chi connectivity index (χ1n) is 5.21.